The highest BCUT2D eigenvalue weighted by molar-refractivity contribution is 7.90. The first-order chi connectivity index (χ1) is 19.2. The van der Waals surface area contributed by atoms with Gasteiger partial charge in [-0.25, -0.2) is 32.3 Å². The molecule has 4 aromatic heterocycles. The molecule has 0 amide bonds. The first-order valence-corrected chi connectivity index (χ1v) is 15.0. The Kier molecular flexibility index (Phi) is 5.53. The highest BCUT2D eigenvalue weighted by atomic mass is 32.2. The van der Waals surface area contributed by atoms with Gasteiger partial charge in [-0.2, -0.15) is 0 Å². The third-order valence-corrected chi connectivity index (χ3v) is 9.87. The lowest BCUT2D eigenvalue weighted by Gasteiger charge is -2.22. The molecule has 0 saturated heterocycles. The standard InChI is InChI=1S/C29H24N6O3S2/c1-18-6-8-22(9-7-18)40(37,38)35-16-23(25-26(35)31-15-19(2)32-25)27-33-24(17-39-27)20-4-3-5-21(14-20)29(36)10-12-34-13-11-30-28(29)34/h3-9,11,13-17,36H,10,12H2,1-2H3/t29-/m0/s1. The molecule has 11 heteroatoms. The van der Waals surface area contributed by atoms with Crippen LogP contribution in [-0.2, 0) is 22.2 Å². The van der Waals surface area contributed by atoms with Gasteiger partial charge in [0.1, 0.15) is 21.9 Å². The molecule has 0 bridgehead atoms. The summed E-state index contributed by atoms with van der Waals surface area (Å²) in [4.78, 5) is 18.5. The van der Waals surface area contributed by atoms with E-state index in [1.54, 1.807) is 42.9 Å². The number of thiazole rings is 1. The van der Waals surface area contributed by atoms with Gasteiger partial charge in [0.15, 0.2) is 5.65 Å². The van der Waals surface area contributed by atoms with Crippen molar-refractivity contribution in [3.05, 3.63) is 101 Å². The smallest absolute Gasteiger partial charge is 0.269 e. The Labute approximate surface area is 234 Å². The Morgan fingerprint density at radius 2 is 1.88 bits per heavy atom. The van der Waals surface area contributed by atoms with Gasteiger partial charge in [0.25, 0.3) is 10.0 Å². The quantitative estimate of drug-likeness (QED) is 0.314. The van der Waals surface area contributed by atoms with E-state index >= 15 is 0 Å². The summed E-state index contributed by atoms with van der Waals surface area (Å²) in [5, 5.41) is 14.1. The van der Waals surface area contributed by atoms with E-state index in [0.717, 1.165) is 22.4 Å². The van der Waals surface area contributed by atoms with Crippen molar-refractivity contribution in [1.29, 1.82) is 0 Å². The molecule has 40 heavy (non-hydrogen) atoms. The van der Waals surface area contributed by atoms with Gasteiger partial charge >= 0.3 is 0 Å². The molecule has 200 valence electrons. The van der Waals surface area contributed by atoms with Crippen LogP contribution in [0.5, 0.6) is 0 Å². The predicted octanol–water partition coefficient (Wildman–Crippen LogP) is 4.91. The van der Waals surface area contributed by atoms with Crippen molar-refractivity contribution in [3.63, 3.8) is 0 Å². The SMILES string of the molecule is Cc1ccc(S(=O)(=O)n2cc(-c3nc(-c4cccc([C@@]5(O)CCn6ccnc65)c4)cs3)c3nc(C)cnc32)cc1. The number of rotatable bonds is 5. The van der Waals surface area contributed by atoms with Gasteiger partial charge in [-0.3, -0.25) is 0 Å². The Morgan fingerprint density at radius 3 is 2.70 bits per heavy atom. The molecule has 0 unspecified atom stereocenters. The second-order valence-corrected chi connectivity index (χ2v) is 12.7. The van der Waals surface area contributed by atoms with Crippen molar-refractivity contribution in [3.8, 4) is 21.8 Å². The van der Waals surface area contributed by atoms with Gasteiger partial charge in [-0.15, -0.1) is 11.3 Å². The lowest BCUT2D eigenvalue weighted by Crippen LogP contribution is -2.25. The molecule has 6 aromatic rings. The van der Waals surface area contributed by atoms with Crippen molar-refractivity contribution >= 4 is 32.5 Å². The maximum Gasteiger partial charge on any atom is 0.269 e. The van der Waals surface area contributed by atoms with E-state index in [4.69, 9.17) is 4.98 Å². The van der Waals surface area contributed by atoms with E-state index in [1.807, 2.05) is 54.3 Å². The summed E-state index contributed by atoms with van der Waals surface area (Å²) >= 11 is 1.40. The minimum atomic E-state index is -3.91. The van der Waals surface area contributed by atoms with Crippen LogP contribution < -0.4 is 0 Å². The molecule has 0 spiro atoms. The van der Waals surface area contributed by atoms with Crippen molar-refractivity contribution in [1.82, 2.24) is 28.5 Å². The average Bonchev–Trinajstić information content (AvgIpc) is 3.74. The fourth-order valence-corrected chi connectivity index (χ4v) is 7.36. The summed E-state index contributed by atoms with van der Waals surface area (Å²) in [6.45, 7) is 4.43. The van der Waals surface area contributed by atoms with Crippen LogP contribution in [0.3, 0.4) is 0 Å². The van der Waals surface area contributed by atoms with Gasteiger partial charge in [0.05, 0.1) is 28.0 Å². The Hall–Kier alpha value is -4.19. The summed E-state index contributed by atoms with van der Waals surface area (Å²) in [6.07, 6.45) is 7.25. The summed E-state index contributed by atoms with van der Waals surface area (Å²) in [5.41, 5.74) is 4.10. The molecule has 0 fully saturated rings. The third kappa shape index (κ3) is 3.80. The van der Waals surface area contributed by atoms with Crippen LogP contribution in [0, 0.1) is 13.8 Å². The van der Waals surface area contributed by atoms with Crippen molar-refractivity contribution in [2.24, 2.45) is 0 Å². The van der Waals surface area contributed by atoms with Crippen molar-refractivity contribution in [2.45, 2.75) is 37.3 Å². The largest absolute Gasteiger partial charge is 0.377 e. The highest BCUT2D eigenvalue weighted by Gasteiger charge is 2.40. The number of nitrogens with zero attached hydrogens (tertiary/aromatic N) is 6. The Bertz CT molecular complexity index is 2020. The fourth-order valence-electron chi connectivity index (χ4n) is 5.20. The van der Waals surface area contributed by atoms with Gasteiger partial charge in [-0.05, 0) is 37.6 Å². The molecular weight excluding hydrogens is 544 g/mol. The minimum Gasteiger partial charge on any atom is -0.377 e. The maximum atomic E-state index is 13.6. The van der Waals surface area contributed by atoms with Crippen LogP contribution in [-0.4, -0.2) is 42.0 Å². The zero-order chi connectivity index (χ0) is 27.6. The van der Waals surface area contributed by atoms with Gasteiger partial charge in [0, 0.05) is 42.5 Å². The van der Waals surface area contributed by atoms with Crippen LogP contribution in [0.1, 0.15) is 29.1 Å². The Morgan fingerprint density at radius 1 is 1.05 bits per heavy atom. The number of aryl methyl sites for hydroxylation is 3. The lowest BCUT2D eigenvalue weighted by molar-refractivity contribution is 0.0786. The molecule has 9 nitrogen and oxygen atoms in total. The number of imidazole rings is 1. The van der Waals surface area contributed by atoms with Crippen LogP contribution >= 0.6 is 11.3 Å². The molecule has 1 atom stereocenters. The molecule has 7 rings (SSSR count). The molecule has 1 aliphatic rings. The topological polar surface area (TPSA) is 116 Å². The van der Waals surface area contributed by atoms with E-state index < -0.39 is 15.6 Å². The predicted molar refractivity (Wildman–Crippen MR) is 152 cm³/mol. The second kappa shape index (κ2) is 8.91. The van der Waals surface area contributed by atoms with Crippen LogP contribution in [0.2, 0.25) is 0 Å². The average molecular weight is 569 g/mol. The number of aromatic nitrogens is 6. The van der Waals surface area contributed by atoms with Crippen molar-refractivity contribution < 1.29 is 13.5 Å². The summed E-state index contributed by atoms with van der Waals surface area (Å²) in [6, 6.07) is 14.4. The Balaban J connectivity index is 1.31. The second-order valence-electron chi connectivity index (χ2n) is 10.0. The van der Waals surface area contributed by atoms with E-state index in [0.29, 0.717) is 40.6 Å². The van der Waals surface area contributed by atoms with Gasteiger partial charge < -0.3 is 9.67 Å². The monoisotopic (exact) mass is 568 g/mol. The first kappa shape index (κ1) is 24.8. The maximum absolute atomic E-state index is 13.6. The van der Waals surface area contributed by atoms with Crippen LogP contribution in [0.15, 0.2) is 83.6 Å². The van der Waals surface area contributed by atoms with E-state index in [2.05, 4.69) is 15.0 Å². The number of benzene rings is 2. The summed E-state index contributed by atoms with van der Waals surface area (Å²) in [5.74, 6) is 0.639. The molecule has 1 N–H and O–H groups in total. The lowest BCUT2D eigenvalue weighted by atomic mass is 9.90. The van der Waals surface area contributed by atoms with Crippen LogP contribution in [0.4, 0.5) is 0 Å². The zero-order valence-electron chi connectivity index (χ0n) is 21.7. The van der Waals surface area contributed by atoms with Crippen LogP contribution in [0.25, 0.3) is 33.0 Å². The van der Waals surface area contributed by atoms with E-state index in [-0.39, 0.29) is 10.5 Å². The summed E-state index contributed by atoms with van der Waals surface area (Å²) < 4.78 is 30.4. The molecule has 0 radical (unpaired) electrons. The molecule has 5 heterocycles. The molecule has 0 saturated carbocycles. The first-order valence-electron chi connectivity index (χ1n) is 12.7. The fraction of sp³-hybridized carbons (Fsp3) is 0.172. The molecular formula is C29H24N6O3S2. The van der Waals surface area contributed by atoms with Gasteiger partial charge in [-0.1, -0.05) is 35.9 Å². The minimum absolute atomic E-state index is 0.172. The molecule has 0 aliphatic carbocycles. The molecule has 2 aromatic carbocycles. The zero-order valence-corrected chi connectivity index (χ0v) is 23.3. The third-order valence-electron chi connectivity index (χ3n) is 7.33. The van der Waals surface area contributed by atoms with E-state index in [9.17, 15) is 13.5 Å². The van der Waals surface area contributed by atoms with Gasteiger partial charge in [0.2, 0.25) is 0 Å². The number of fused-ring (bicyclic) bond motifs is 2. The molecule has 1 aliphatic heterocycles. The number of hydrogen-bond acceptors (Lipinski definition) is 8. The number of aliphatic hydroxyl groups is 1. The normalized spacial score (nSPS) is 17.0. The summed E-state index contributed by atoms with van der Waals surface area (Å²) in [7, 11) is -3.91. The van der Waals surface area contributed by atoms with E-state index in [1.165, 1.54) is 15.3 Å². The number of hydrogen-bond donors (Lipinski definition) is 1. The van der Waals surface area contributed by atoms with Crippen molar-refractivity contribution in [2.75, 3.05) is 0 Å². The highest BCUT2D eigenvalue weighted by Crippen LogP contribution is 2.40.